The van der Waals surface area contributed by atoms with E-state index >= 15 is 0 Å². The minimum absolute atomic E-state index is 0.133. The molecule has 1 fully saturated rings. The molecule has 0 aromatic carbocycles. The van der Waals surface area contributed by atoms with Crippen LogP contribution in [0.5, 0.6) is 0 Å². The lowest BCUT2D eigenvalue weighted by molar-refractivity contribution is -0.137. The molecule has 0 saturated carbocycles. The largest absolute Gasteiger partial charge is 0.480 e. The molecular formula is C12H20N4O4S. The topological polar surface area (TPSA) is 95.7 Å². The third kappa shape index (κ3) is 3.09. The zero-order chi connectivity index (χ0) is 15.8. The van der Waals surface area contributed by atoms with Crippen LogP contribution >= 0.6 is 0 Å². The number of aryl methyl sites for hydroxylation is 1. The van der Waals surface area contributed by atoms with Gasteiger partial charge in [-0.3, -0.25) is 9.48 Å². The lowest BCUT2D eigenvalue weighted by Gasteiger charge is -2.31. The summed E-state index contributed by atoms with van der Waals surface area (Å²) in [6, 6.07) is 0. The number of carbonyl (C=O) groups is 1. The average Bonchev–Trinajstić information content (AvgIpc) is 2.64. The molecule has 0 atom stereocenters. The van der Waals surface area contributed by atoms with Crippen molar-refractivity contribution in [2.24, 2.45) is 0 Å². The van der Waals surface area contributed by atoms with E-state index in [9.17, 15) is 13.2 Å². The van der Waals surface area contributed by atoms with Gasteiger partial charge in [0.05, 0.1) is 11.4 Å². The Kier molecular flexibility index (Phi) is 4.35. The Morgan fingerprint density at radius 3 is 2.33 bits per heavy atom. The van der Waals surface area contributed by atoms with E-state index in [0.717, 1.165) is 0 Å². The minimum Gasteiger partial charge on any atom is -0.480 e. The van der Waals surface area contributed by atoms with Crippen molar-refractivity contribution < 1.29 is 18.3 Å². The number of piperazine rings is 1. The van der Waals surface area contributed by atoms with E-state index in [-0.39, 0.29) is 11.4 Å². The predicted octanol–water partition coefficient (Wildman–Crippen LogP) is -0.479. The molecule has 0 spiro atoms. The normalized spacial score (nSPS) is 18.0. The molecular weight excluding hydrogens is 296 g/mol. The maximum absolute atomic E-state index is 12.7. The summed E-state index contributed by atoms with van der Waals surface area (Å²) < 4.78 is 28.1. The van der Waals surface area contributed by atoms with Gasteiger partial charge >= 0.3 is 5.97 Å². The fraction of sp³-hybridized carbons (Fsp3) is 0.667. The Hall–Kier alpha value is -1.45. The summed E-state index contributed by atoms with van der Waals surface area (Å²) in [5.74, 6) is -1.05. The summed E-state index contributed by atoms with van der Waals surface area (Å²) in [4.78, 5) is 13.0. The summed E-state index contributed by atoms with van der Waals surface area (Å²) in [6.07, 6.45) is 0. The van der Waals surface area contributed by atoms with Crippen LogP contribution in [-0.2, 0) is 21.4 Å². The van der Waals surface area contributed by atoms with Gasteiger partial charge in [0.2, 0.25) is 10.0 Å². The molecule has 2 rings (SSSR count). The van der Waals surface area contributed by atoms with Crippen molar-refractivity contribution in [1.29, 1.82) is 0 Å². The highest BCUT2D eigenvalue weighted by Crippen LogP contribution is 2.24. The minimum atomic E-state index is -3.63. The summed E-state index contributed by atoms with van der Waals surface area (Å²) in [7, 11) is -1.68. The highest BCUT2D eigenvalue weighted by molar-refractivity contribution is 7.89. The second-order valence-corrected chi connectivity index (χ2v) is 7.13. The molecule has 1 N–H and O–H groups in total. The van der Waals surface area contributed by atoms with E-state index in [1.807, 2.05) is 7.05 Å². The molecule has 2 heterocycles. The summed E-state index contributed by atoms with van der Waals surface area (Å²) >= 11 is 0. The molecule has 0 aliphatic carbocycles. The molecule has 0 unspecified atom stereocenters. The molecule has 1 aromatic rings. The fourth-order valence-electron chi connectivity index (χ4n) is 2.49. The Morgan fingerprint density at radius 2 is 1.81 bits per heavy atom. The van der Waals surface area contributed by atoms with Crippen molar-refractivity contribution >= 4 is 16.0 Å². The van der Waals surface area contributed by atoms with Crippen molar-refractivity contribution in [3.8, 4) is 0 Å². The molecule has 9 heteroatoms. The van der Waals surface area contributed by atoms with E-state index in [1.165, 1.54) is 8.99 Å². The smallest absolute Gasteiger partial charge is 0.325 e. The fourth-order valence-corrected chi connectivity index (χ4v) is 4.29. The second-order valence-electron chi connectivity index (χ2n) is 5.26. The zero-order valence-corrected chi connectivity index (χ0v) is 13.2. The number of rotatable bonds is 4. The van der Waals surface area contributed by atoms with Crippen molar-refractivity contribution in [3.05, 3.63) is 11.4 Å². The van der Waals surface area contributed by atoms with Crippen LogP contribution in [0.25, 0.3) is 0 Å². The maximum Gasteiger partial charge on any atom is 0.325 e. The molecule has 8 nitrogen and oxygen atoms in total. The maximum atomic E-state index is 12.7. The summed E-state index contributed by atoms with van der Waals surface area (Å²) in [6.45, 7) is 5.07. The van der Waals surface area contributed by atoms with E-state index in [2.05, 4.69) is 10.00 Å². The first-order chi connectivity index (χ1) is 9.73. The number of nitrogens with zero attached hydrogens (tertiary/aromatic N) is 4. The first-order valence-electron chi connectivity index (χ1n) is 6.68. The zero-order valence-electron chi connectivity index (χ0n) is 12.4. The number of aromatic nitrogens is 2. The van der Waals surface area contributed by atoms with Crippen LogP contribution in [0.3, 0.4) is 0 Å². The van der Waals surface area contributed by atoms with Crippen LogP contribution in [0.1, 0.15) is 11.4 Å². The number of carboxylic acids is 1. The Morgan fingerprint density at radius 1 is 1.24 bits per heavy atom. The molecule has 1 saturated heterocycles. The number of likely N-dealkylation sites (N-methyl/N-ethyl adjacent to an activating group) is 1. The van der Waals surface area contributed by atoms with Crippen LogP contribution in [-0.4, -0.2) is 71.7 Å². The Labute approximate surface area is 124 Å². The highest BCUT2D eigenvalue weighted by atomic mass is 32.2. The van der Waals surface area contributed by atoms with Crippen molar-refractivity contribution in [3.63, 3.8) is 0 Å². The van der Waals surface area contributed by atoms with Gasteiger partial charge in [-0.2, -0.15) is 9.40 Å². The number of carboxylic acid groups (broad SMARTS) is 1. The van der Waals surface area contributed by atoms with E-state index in [4.69, 9.17) is 5.11 Å². The van der Waals surface area contributed by atoms with Crippen LogP contribution in [0.2, 0.25) is 0 Å². The molecule has 0 bridgehead atoms. The lowest BCUT2D eigenvalue weighted by Crippen LogP contribution is -2.47. The second kappa shape index (κ2) is 5.74. The predicted molar refractivity (Wildman–Crippen MR) is 75.6 cm³/mol. The van der Waals surface area contributed by atoms with Gasteiger partial charge in [-0.1, -0.05) is 0 Å². The molecule has 0 radical (unpaired) electrons. The third-order valence-electron chi connectivity index (χ3n) is 3.66. The average molecular weight is 316 g/mol. The van der Waals surface area contributed by atoms with E-state index in [1.54, 1.807) is 13.8 Å². The van der Waals surface area contributed by atoms with E-state index in [0.29, 0.717) is 37.6 Å². The summed E-state index contributed by atoms with van der Waals surface area (Å²) in [5.41, 5.74) is 0.710. The SMILES string of the molecule is Cc1nn(CC(=O)O)c(C)c1S(=O)(=O)N1CCN(C)CC1. The standard InChI is InChI=1S/C12H20N4O4S/c1-9-12(10(2)16(13-9)8-11(17)18)21(19,20)15-6-4-14(3)5-7-15/h4-8H2,1-3H3,(H,17,18). The quantitative estimate of drug-likeness (QED) is 0.806. The van der Waals surface area contributed by atoms with Gasteiger partial charge in [0.25, 0.3) is 0 Å². The van der Waals surface area contributed by atoms with Gasteiger partial charge in [0.15, 0.2) is 0 Å². The molecule has 1 aromatic heterocycles. The van der Waals surface area contributed by atoms with Crippen molar-refractivity contribution in [2.45, 2.75) is 25.3 Å². The van der Waals surface area contributed by atoms with Crippen molar-refractivity contribution in [1.82, 2.24) is 19.0 Å². The third-order valence-corrected chi connectivity index (χ3v) is 5.81. The number of sulfonamides is 1. The first kappa shape index (κ1) is 15.9. The highest BCUT2D eigenvalue weighted by Gasteiger charge is 2.32. The van der Waals surface area contributed by atoms with Gasteiger partial charge in [-0.15, -0.1) is 0 Å². The molecule has 21 heavy (non-hydrogen) atoms. The van der Waals surface area contributed by atoms with Crippen LogP contribution in [0.4, 0.5) is 0 Å². The van der Waals surface area contributed by atoms with Gasteiger partial charge in [0, 0.05) is 26.2 Å². The number of aliphatic carboxylic acids is 1. The molecule has 1 aliphatic rings. The molecule has 118 valence electrons. The van der Waals surface area contributed by atoms with Crippen molar-refractivity contribution in [2.75, 3.05) is 33.2 Å². The van der Waals surface area contributed by atoms with Gasteiger partial charge in [-0.25, -0.2) is 8.42 Å². The van der Waals surface area contributed by atoms with Gasteiger partial charge < -0.3 is 10.0 Å². The number of hydrogen-bond acceptors (Lipinski definition) is 5. The van der Waals surface area contributed by atoms with Crippen LogP contribution in [0, 0.1) is 13.8 Å². The van der Waals surface area contributed by atoms with Gasteiger partial charge in [0.1, 0.15) is 11.4 Å². The lowest BCUT2D eigenvalue weighted by atomic mass is 10.4. The summed E-state index contributed by atoms with van der Waals surface area (Å²) in [5, 5.41) is 12.9. The van der Waals surface area contributed by atoms with Crippen LogP contribution < -0.4 is 0 Å². The monoisotopic (exact) mass is 316 g/mol. The Balaban J connectivity index is 2.36. The molecule has 0 amide bonds. The van der Waals surface area contributed by atoms with Crippen LogP contribution in [0.15, 0.2) is 4.90 Å². The van der Waals surface area contributed by atoms with E-state index < -0.39 is 16.0 Å². The first-order valence-corrected chi connectivity index (χ1v) is 8.12. The number of hydrogen-bond donors (Lipinski definition) is 1. The molecule has 1 aliphatic heterocycles. The van der Waals surface area contributed by atoms with Gasteiger partial charge in [-0.05, 0) is 20.9 Å². The Bertz CT molecular complexity index is 644.